The van der Waals surface area contributed by atoms with Gasteiger partial charge in [-0.05, 0) is 65.0 Å². The molecule has 1 fully saturated rings. The lowest BCUT2D eigenvalue weighted by Crippen LogP contribution is -2.59. The number of rotatable bonds is 16. The second kappa shape index (κ2) is 19.8. The first kappa shape index (κ1) is 44.3. The van der Waals surface area contributed by atoms with E-state index in [9.17, 15) is 24.3 Å². The third-order valence-electron chi connectivity index (χ3n) is 10.5. The highest BCUT2D eigenvalue weighted by atomic mass is 16.5. The Labute approximate surface area is 348 Å². The number of nitrogens with one attached hydrogen (secondary N) is 3. The smallest absolute Gasteiger partial charge is 0.407 e. The Hall–Kier alpha value is -5.82. The molecule has 59 heavy (non-hydrogen) atoms. The zero-order chi connectivity index (χ0) is 42.7. The summed E-state index contributed by atoms with van der Waals surface area (Å²) in [6.07, 6.45) is 3.96. The van der Waals surface area contributed by atoms with Crippen molar-refractivity contribution in [3.63, 3.8) is 0 Å². The molecule has 0 bridgehead atoms. The Morgan fingerprint density at radius 2 is 1.44 bits per heavy atom. The number of aromatic nitrogens is 2. The number of carbonyl (C=O) groups excluding carboxylic acids is 4. The second-order valence-corrected chi connectivity index (χ2v) is 17.4. The Morgan fingerprint density at radius 3 is 2.05 bits per heavy atom. The number of carbonyl (C=O) groups is 4. The predicted molar refractivity (Wildman–Crippen MR) is 227 cm³/mol. The minimum absolute atomic E-state index is 0.0579. The van der Waals surface area contributed by atoms with Crippen LogP contribution in [-0.4, -0.2) is 99.3 Å². The molecular weight excluding hydrogens is 747 g/mol. The lowest BCUT2D eigenvalue weighted by molar-refractivity contribution is -0.131. The maximum absolute atomic E-state index is 14.6. The summed E-state index contributed by atoms with van der Waals surface area (Å²) in [5.41, 5.74) is 3.11. The molecule has 2 aromatic heterocycles. The Morgan fingerprint density at radius 1 is 0.763 bits per heavy atom. The second-order valence-electron chi connectivity index (χ2n) is 17.4. The van der Waals surface area contributed by atoms with Gasteiger partial charge in [0.1, 0.15) is 12.1 Å². The van der Waals surface area contributed by atoms with Crippen molar-refractivity contribution >= 4 is 23.9 Å². The summed E-state index contributed by atoms with van der Waals surface area (Å²) >= 11 is 0. The maximum Gasteiger partial charge on any atom is 0.407 e. The van der Waals surface area contributed by atoms with Crippen LogP contribution in [0.3, 0.4) is 0 Å². The van der Waals surface area contributed by atoms with E-state index in [0.717, 1.165) is 27.9 Å². The molecule has 1 aliphatic heterocycles. The van der Waals surface area contributed by atoms with Crippen LogP contribution in [0.2, 0.25) is 0 Å². The van der Waals surface area contributed by atoms with E-state index >= 15 is 0 Å². The van der Waals surface area contributed by atoms with E-state index in [2.05, 4.69) is 25.9 Å². The van der Waals surface area contributed by atoms with Gasteiger partial charge in [0.15, 0.2) is 0 Å². The van der Waals surface area contributed by atoms with E-state index in [1.54, 1.807) is 28.4 Å². The quantitative estimate of drug-likeness (QED) is 0.111. The first-order chi connectivity index (χ1) is 28.0. The number of pyridine rings is 2. The molecule has 13 heteroatoms. The fraction of sp³-hybridized carbons (Fsp3) is 0.435. The van der Waals surface area contributed by atoms with Gasteiger partial charge in [-0.2, -0.15) is 0 Å². The number of amides is 5. The zero-order valence-electron chi connectivity index (χ0n) is 35.2. The molecular formula is C46H59N7O6. The molecule has 1 aliphatic rings. The number of benzene rings is 2. The maximum atomic E-state index is 14.6. The fourth-order valence-electron chi connectivity index (χ4n) is 7.53. The molecule has 1 saturated heterocycles. The van der Waals surface area contributed by atoms with E-state index in [1.165, 1.54) is 7.11 Å². The molecule has 4 aromatic rings. The van der Waals surface area contributed by atoms with Gasteiger partial charge in [0.2, 0.25) is 11.8 Å². The van der Waals surface area contributed by atoms with Crippen molar-refractivity contribution in [3.05, 3.63) is 120 Å². The third kappa shape index (κ3) is 12.3. The van der Waals surface area contributed by atoms with Crippen molar-refractivity contribution < 1.29 is 29.0 Å². The van der Waals surface area contributed by atoms with Crippen molar-refractivity contribution in [1.82, 2.24) is 35.7 Å². The highest BCUT2D eigenvalue weighted by molar-refractivity contribution is 5.89. The Balaban J connectivity index is 1.42. The topological polar surface area (TPSA) is 166 Å². The standard InChI is InChI=1S/C46H59N7O6/c1-45(2,3)39(51-43(57)59-7)41(55)49-35(26-32-18-20-34(21-19-32)36-17-11-12-23-48-36)28-38(54)37(27-31-14-9-8-10-15-31)50-42(56)40(46(4,5)6)53-25-24-52(44(53)58)30-33-16-13-22-47-29-33/h8-23,29,35,37-40,54H,24-28,30H2,1-7H3,(H,49,55)(H,50,56)(H,51,57)/t35-,37-,38-,39+,40+/m0/s1. The third-order valence-corrected chi connectivity index (χ3v) is 10.5. The predicted octanol–water partition coefficient (Wildman–Crippen LogP) is 5.77. The number of aliphatic hydroxyl groups excluding tert-OH is 1. The van der Waals surface area contributed by atoms with Crippen molar-refractivity contribution in [2.45, 2.75) is 97.6 Å². The molecule has 5 amide bonds. The monoisotopic (exact) mass is 805 g/mol. The number of hydrogen-bond acceptors (Lipinski definition) is 8. The number of hydrogen-bond donors (Lipinski definition) is 4. The van der Waals surface area contributed by atoms with E-state index in [4.69, 9.17) is 4.74 Å². The molecule has 5 rings (SSSR count). The Kier molecular flexibility index (Phi) is 14.8. The lowest BCUT2D eigenvalue weighted by atomic mass is 9.84. The van der Waals surface area contributed by atoms with Crippen molar-refractivity contribution in [1.29, 1.82) is 0 Å². The number of ether oxygens (including phenoxy) is 1. The fourth-order valence-corrected chi connectivity index (χ4v) is 7.53. The average Bonchev–Trinajstić information content (AvgIpc) is 3.54. The first-order valence-corrected chi connectivity index (χ1v) is 20.2. The molecule has 314 valence electrons. The molecule has 2 aromatic carbocycles. The van der Waals surface area contributed by atoms with Gasteiger partial charge in [0.05, 0.1) is 24.9 Å². The molecule has 0 unspecified atom stereocenters. The Bertz CT molecular complexity index is 1990. The van der Waals surface area contributed by atoms with Crippen LogP contribution in [0.4, 0.5) is 9.59 Å². The molecule has 4 N–H and O–H groups in total. The number of urea groups is 1. The molecule has 13 nitrogen and oxygen atoms in total. The first-order valence-electron chi connectivity index (χ1n) is 20.2. The summed E-state index contributed by atoms with van der Waals surface area (Å²) in [6, 6.07) is 23.4. The number of aliphatic hydroxyl groups is 1. The molecule has 0 radical (unpaired) electrons. The van der Waals surface area contributed by atoms with E-state index < -0.39 is 53.1 Å². The van der Waals surface area contributed by atoms with Gasteiger partial charge in [-0.25, -0.2) is 9.59 Å². The number of nitrogens with zero attached hydrogens (tertiary/aromatic N) is 4. The van der Waals surface area contributed by atoms with Gasteiger partial charge in [-0.1, -0.05) is 108 Å². The van der Waals surface area contributed by atoms with Crippen LogP contribution in [0, 0.1) is 10.8 Å². The van der Waals surface area contributed by atoms with Crippen molar-refractivity contribution in [2.24, 2.45) is 10.8 Å². The van der Waals surface area contributed by atoms with E-state index in [1.807, 2.05) is 126 Å². The van der Waals surface area contributed by atoms with Crippen LogP contribution >= 0.6 is 0 Å². The van der Waals surface area contributed by atoms with Crippen LogP contribution < -0.4 is 16.0 Å². The normalized spacial score (nSPS) is 15.8. The van der Waals surface area contributed by atoms with Gasteiger partial charge < -0.3 is 35.6 Å². The minimum Gasteiger partial charge on any atom is -0.453 e. The van der Waals surface area contributed by atoms with Crippen LogP contribution in [0.25, 0.3) is 11.3 Å². The number of alkyl carbamates (subject to hydrolysis) is 1. The summed E-state index contributed by atoms with van der Waals surface area (Å²) in [4.78, 5) is 66.8. The van der Waals surface area contributed by atoms with Gasteiger partial charge in [-0.3, -0.25) is 19.6 Å². The summed E-state index contributed by atoms with van der Waals surface area (Å²) in [5.74, 6) is -0.820. The highest BCUT2D eigenvalue weighted by Gasteiger charge is 2.44. The van der Waals surface area contributed by atoms with Crippen LogP contribution in [-0.2, 0) is 33.7 Å². The minimum atomic E-state index is -1.14. The summed E-state index contributed by atoms with van der Waals surface area (Å²) in [5, 5.41) is 21.2. The molecule has 0 aliphatic carbocycles. The SMILES string of the molecule is COC(=O)N[C@H](C(=O)N[C@@H](Cc1ccc(-c2ccccn2)cc1)C[C@H](O)[C@H](Cc1ccccc1)NC(=O)[C@@H](N1CCN(Cc2cccnc2)C1=O)C(C)(C)C)C(C)(C)C. The van der Waals surface area contributed by atoms with Gasteiger partial charge >= 0.3 is 12.1 Å². The van der Waals surface area contributed by atoms with Crippen LogP contribution in [0.1, 0.15) is 64.7 Å². The van der Waals surface area contributed by atoms with Crippen LogP contribution in [0.15, 0.2) is 104 Å². The van der Waals surface area contributed by atoms with Crippen molar-refractivity contribution in [3.8, 4) is 11.3 Å². The molecule has 3 heterocycles. The number of methoxy groups -OCH3 is 1. The van der Waals surface area contributed by atoms with Crippen molar-refractivity contribution in [2.75, 3.05) is 20.2 Å². The van der Waals surface area contributed by atoms with Gasteiger partial charge in [0, 0.05) is 49.8 Å². The zero-order valence-corrected chi connectivity index (χ0v) is 35.2. The highest BCUT2D eigenvalue weighted by Crippen LogP contribution is 2.29. The molecule has 5 atom stereocenters. The molecule has 0 spiro atoms. The largest absolute Gasteiger partial charge is 0.453 e. The summed E-state index contributed by atoms with van der Waals surface area (Å²) in [6.45, 7) is 12.5. The van der Waals surface area contributed by atoms with E-state index in [0.29, 0.717) is 32.5 Å². The lowest BCUT2D eigenvalue weighted by Gasteiger charge is -2.38. The van der Waals surface area contributed by atoms with E-state index in [-0.39, 0.29) is 18.4 Å². The summed E-state index contributed by atoms with van der Waals surface area (Å²) < 4.78 is 4.84. The van der Waals surface area contributed by atoms with Gasteiger partial charge in [-0.15, -0.1) is 0 Å². The summed E-state index contributed by atoms with van der Waals surface area (Å²) in [7, 11) is 1.24. The molecule has 0 saturated carbocycles. The van der Waals surface area contributed by atoms with Gasteiger partial charge in [0.25, 0.3) is 0 Å². The van der Waals surface area contributed by atoms with Crippen LogP contribution in [0.5, 0.6) is 0 Å². The average molecular weight is 806 g/mol.